The first-order valence-corrected chi connectivity index (χ1v) is 10.2. The van der Waals surface area contributed by atoms with Crippen LogP contribution in [0.4, 0.5) is 10.5 Å². The molecule has 5 rings (SSSR count). The van der Waals surface area contributed by atoms with E-state index in [1.54, 1.807) is 11.2 Å². The maximum absolute atomic E-state index is 12.4. The van der Waals surface area contributed by atoms with Crippen molar-refractivity contribution in [3.05, 3.63) is 54.4 Å². The van der Waals surface area contributed by atoms with Gasteiger partial charge in [-0.05, 0) is 35.9 Å². The summed E-state index contributed by atoms with van der Waals surface area (Å²) in [7, 11) is 0. The number of ether oxygens (including phenoxy) is 3. The van der Waals surface area contributed by atoms with Crippen molar-refractivity contribution in [3.8, 4) is 5.75 Å². The molecule has 1 aromatic heterocycles. The molecule has 2 saturated heterocycles. The fourth-order valence-electron chi connectivity index (χ4n) is 3.93. The molecule has 2 fully saturated rings. The number of carbonyl (C=O) groups is 1. The number of rotatable bonds is 6. The van der Waals surface area contributed by atoms with Crippen LogP contribution in [0.15, 0.2) is 48.8 Å². The van der Waals surface area contributed by atoms with E-state index < -0.39 is 0 Å². The zero-order valence-electron chi connectivity index (χ0n) is 16.6. The minimum Gasteiger partial charge on any atom is -0.492 e. The third-order valence-electron chi connectivity index (χ3n) is 5.60. The Kier molecular flexibility index (Phi) is 5.25. The van der Waals surface area contributed by atoms with Crippen LogP contribution in [-0.4, -0.2) is 67.0 Å². The molecule has 0 aliphatic carbocycles. The van der Waals surface area contributed by atoms with E-state index in [4.69, 9.17) is 14.2 Å². The number of anilines is 1. The molecular weight excluding hydrogens is 384 g/mol. The zero-order valence-corrected chi connectivity index (χ0v) is 16.6. The summed E-state index contributed by atoms with van der Waals surface area (Å²) in [5.74, 6) is 0.822. The quantitative estimate of drug-likeness (QED) is 0.676. The number of aromatic amines is 1. The van der Waals surface area contributed by atoms with Crippen LogP contribution in [0.5, 0.6) is 5.75 Å². The SMILES string of the molecule is O=C1OCC(c2ccc(OCCN3CCOCC3)cc2)N1c1ccc2nc[nH]c2c1. The lowest BCUT2D eigenvalue weighted by atomic mass is 10.1. The van der Waals surface area contributed by atoms with E-state index in [0.717, 1.165) is 60.9 Å². The minimum absolute atomic E-state index is 0.180. The van der Waals surface area contributed by atoms with Crippen molar-refractivity contribution in [3.63, 3.8) is 0 Å². The van der Waals surface area contributed by atoms with E-state index in [1.165, 1.54) is 0 Å². The van der Waals surface area contributed by atoms with Crippen LogP contribution >= 0.6 is 0 Å². The average molecular weight is 408 g/mol. The lowest BCUT2D eigenvalue weighted by Gasteiger charge is -2.26. The fraction of sp³-hybridized carbons (Fsp3) is 0.364. The number of fused-ring (bicyclic) bond motifs is 1. The van der Waals surface area contributed by atoms with Gasteiger partial charge in [-0.1, -0.05) is 12.1 Å². The number of hydrogen-bond acceptors (Lipinski definition) is 6. The minimum atomic E-state index is -0.343. The second kappa shape index (κ2) is 8.33. The predicted octanol–water partition coefficient (Wildman–Crippen LogP) is 2.97. The molecule has 8 nitrogen and oxygen atoms in total. The Morgan fingerprint density at radius 3 is 2.80 bits per heavy atom. The summed E-state index contributed by atoms with van der Waals surface area (Å²) >= 11 is 0. The molecular formula is C22H24N4O4. The van der Waals surface area contributed by atoms with E-state index in [9.17, 15) is 4.79 Å². The lowest BCUT2D eigenvalue weighted by Crippen LogP contribution is -2.38. The number of benzene rings is 2. The van der Waals surface area contributed by atoms with Gasteiger partial charge in [-0.3, -0.25) is 9.80 Å². The maximum Gasteiger partial charge on any atom is 0.415 e. The number of imidazole rings is 1. The number of carbonyl (C=O) groups excluding carboxylic acids is 1. The first-order chi connectivity index (χ1) is 14.8. The highest BCUT2D eigenvalue weighted by atomic mass is 16.6. The van der Waals surface area contributed by atoms with Crippen molar-refractivity contribution in [1.82, 2.24) is 14.9 Å². The molecule has 3 aromatic rings. The van der Waals surface area contributed by atoms with Crippen molar-refractivity contribution in [2.24, 2.45) is 0 Å². The number of H-pyrrole nitrogens is 1. The Morgan fingerprint density at radius 2 is 1.97 bits per heavy atom. The molecule has 156 valence electrons. The standard InChI is InChI=1S/C22H24N4O4/c27-22-26(17-3-6-19-20(13-17)24-15-23-19)21(14-30-22)16-1-4-18(5-2-16)29-12-9-25-7-10-28-11-8-25/h1-6,13,15,21H,7-12,14H2,(H,23,24). The highest BCUT2D eigenvalue weighted by molar-refractivity contribution is 5.93. The number of cyclic esters (lactones) is 1. The predicted molar refractivity (Wildman–Crippen MR) is 112 cm³/mol. The number of amides is 1. The largest absolute Gasteiger partial charge is 0.492 e. The van der Waals surface area contributed by atoms with Gasteiger partial charge in [0.2, 0.25) is 0 Å². The molecule has 1 amide bonds. The summed E-state index contributed by atoms with van der Waals surface area (Å²) in [6.45, 7) is 5.34. The number of nitrogens with one attached hydrogen (secondary N) is 1. The van der Waals surface area contributed by atoms with Crippen molar-refractivity contribution in [2.45, 2.75) is 6.04 Å². The van der Waals surface area contributed by atoms with Crippen LogP contribution in [-0.2, 0) is 9.47 Å². The van der Waals surface area contributed by atoms with Gasteiger partial charge in [-0.15, -0.1) is 0 Å². The number of aromatic nitrogens is 2. The second-order valence-electron chi connectivity index (χ2n) is 7.44. The summed E-state index contributed by atoms with van der Waals surface area (Å²) in [6.07, 6.45) is 1.30. The summed E-state index contributed by atoms with van der Waals surface area (Å²) in [5.41, 5.74) is 3.53. The summed E-state index contributed by atoms with van der Waals surface area (Å²) in [4.78, 5) is 23.8. The normalized spacial score (nSPS) is 19.9. The van der Waals surface area contributed by atoms with E-state index in [-0.39, 0.29) is 12.1 Å². The molecule has 0 saturated carbocycles. The van der Waals surface area contributed by atoms with Crippen LogP contribution in [0, 0.1) is 0 Å². The molecule has 1 N–H and O–H groups in total. The van der Waals surface area contributed by atoms with Crippen LogP contribution in [0.25, 0.3) is 11.0 Å². The molecule has 2 aliphatic rings. The molecule has 0 radical (unpaired) electrons. The van der Waals surface area contributed by atoms with Crippen LogP contribution < -0.4 is 9.64 Å². The second-order valence-corrected chi connectivity index (χ2v) is 7.44. The third-order valence-corrected chi connectivity index (χ3v) is 5.60. The molecule has 2 aliphatic heterocycles. The number of morpholine rings is 1. The Bertz CT molecular complexity index is 1010. The molecule has 2 aromatic carbocycles. The number of hydrogen-bond donors (Lipinski definition) is 1. The fourth-order valence-corrected chi connectivity index (χ4v) is 3.93. The van der Waals surface area contributed by atoms with Gasteiger partial charge in [0.05, 0.1) is 42.3 Å². The molecule has 1 unspecified atom stereocenters. The Labute approximate surface area is 174 Å². The molecule has 30 heavy (non-hydrogen) atoms. The monoisotopic (exact) mass is 408 g/mol. The third kappa shape index (κ3) is 3.83. The molecule has 0 spiro atoms. The van der Waals surface area contributed by atoms with Crippen LogP contribution in [0.3, 0.4) is 0 Å². The smallest absolute Gasteiger partial charge is 0.415 e. The van der Waals surface area contributed by atoms with Gasteiger partial charge in [-0.25, -0.2) is 9.78 Å². The van der Waals surface area contributed by atoms with Crippen molar-refractivity contribution in [2.75, 3.05) is 51.0 Å². The summed E-state index contributed by atoms with van der Waals surface area (Å²) in [5, 5.41) is 0. The molecule has 1 atom stereocenters. The van der Waals surface area contributed by atoms with Gasteiger partial charge in [-0.2, -0.15) is 0 Å². The average Bonchev–Trinajstić information content (AvgIpc) is 3.41. The Balaban J connectivity index is 1.26. The lowest BCUT2D eigenvalue weighted by molar-refractivity contribution is 0.0322. The molecule has 8 heteroatoms. The summed E-state index contributed by atoms with van der Waals surface area (Å²) < 4.78 is 16.6. The first kappa shape index (κ1) is 18.9. The van der Waals surface area contributed by atoms with E-state index in [0.29, 0.717) is 13.2 Å². The van der Waals surface area contributed by atoms with E-state index >= 15 is 0 Å². The van der Waals surface area contributed by atoms with Gasteiger partial charge in [0.1, 0.15) is 19.0 Å². The van der Waals surface area contributed by atoms with Crippen LogP contribution in [0.1, 0.15) is 11.6 Å². The van der Waals surface area contributed by atoms with Gasteiger partial charge >= 0.3 is 6.09 Å². The van der Waals surface area contributed by atoms with Gasteiger partial charge < -0.3 is 19.2 Å². The van der Waals surface area contributed by atoms with E-state index in [2.05, 4.69) is 14.9 Å². The van der Waals surface area contributed by atoms with Crippen LogP contribution in [0.2, 0.25) is 0 Å². The molecule has 3 heterocycles. The van der Waals surface area contributed by atoms with Crippen molar-refractivity contribution < 1.29 is 19.0 Å². The Hall–Kier alpha value is -3.10. The van der Waals surface area contributed by atoms with Crippen molar-refractivity contribution >= 4 is 22.8 Å². The Morgan fingerprint density at radius 1 is 1.13 bits per heavy atom. The number of nitrogens with zero attached hydrogens (tertiary/aromatic N) is 3. The topological polar surface area (TPSA) is 79.9 Å². The highest BCUT2D eigenvalue weighted by Gasteiger charge is 2.35. The highest BCUT2D eigenvalue weighted by Crippen LogP contribution is 2.34. The van der Waals surface area contributed by atoms with E-state index in [1.807, 2.05) is 42.5 Å². The maximum atomic E-state index is 12.4. The van der Waals surface area contributed by atoms with Gasteiger partial charge in [0.15, 0.2) is 0 Å². The first-order valence-electron chi connectivity index (χ1n) is 10.2. The summed E-state index contributed by atoms with van der Waals surface area (Å²) in [6, 6.07) is 13.4. The molecule has 0 bridgehead atoms. The van der Waals surface area contributed by atoms with Gasteiger partial charge in [0.25, 0.3) is 0 Å². The van der Waals surface area contributed by atoms with Gasteiger partial charge in [0, 0.05) is 19.6 Å². The van der Waals surface area contributed by atoms with Crippen molar-refractivity contribution in [1.29, 1.82) is 0 Å². The zero-order chi connectivity index (χ0) is 20.3.